The molecule has 10 heteroatoms. The Morgan fingerprint density at radius 1 is 1.32 bits per heavy atom. The highest BCUT2D eigenvalue weighted by atomic mass is 32.2. The molecule has 0 amide bonds. The molecule has 5 rings (SSSR count). The number of ether oxygens (including phenoxy) is 2. The van der Waals surface area contributed by atoms with Crippen molar-refractivity contribution >= 4 is 27.8 Å². The van der Waals surface area contributed by atoms with Crippen molar-refractivity contribution in [1.82, 2.24) is 4.90 Å². The predicted molar refractivity (Wildman–Crippen MR) is 123 cm³/mol. The standard InChI is InChI=1S/C24H25FN2O6S/c1-32-24(29)22-20(6-5-18-19-10-15(19)13-33-23(18)22)26-34(30,31)21-7-4-16(25)9-14(21)3-2-8-27-11-17(28)12-27/h2-7,9,15,17,19,26,28H,8,10-13H2,1H3/b3-2-. The van der Waals surface area contributed by atoms with E-state index in [1.807, 2.05) is 4.90 Å². The average molecular weight is 489 g/mol. The van der Waals surface area contributed by atoms with Crippen molar-refractivity contribution in [2.75, 3.05) is 38.1 Å². The number of halogens is 1. The molecule has 0 spiro atoms. The number of methoxy groups -OCH3 is 1. The van der Waals surface area contributed by atoms with E-state index in [0.717, 1.165) is 24.1 Å². The maximum absolute atomic E-state index is 14.0. The fraction of sp³-hybridized carbons (Fsp3) is 0.375. The zero-order chi connectivity index (χ0) is 24.0. The number of nitrogens with zero attached hydrogens (tertiary/aromatic N) is 1. The van der Waals surface area contributed by atoms with E-state index in [-0.39, 0.29) is 27.8 Å². The summed E-state index contributed by atoms with van der Waals surface area (Å²) < 4.78 is 53.8. The van der Waals surface area contributed by atoms with Gasteiger partial charge in [0.1, 0.15) is 17.1 Å². The van der Waals surface area contributed by atoms with Gasteiger partial charge in [0.15, 0.2) is 0 Å². The van der Waals surface area contributed by atoms with Gasteiger partial charge in [0.05, 0.1) is 30.4 Å². The van der Waals surface area contributed by atoms with Gasteiger partial charge in [-0.3, -0.25) is 9.62 Å². The molecule has 2 N–H and O–H groups in total. The van der Waals surface area contributed by atoms with Gasteiger partial charge in [0.25, 0.3) is 10.0 Å². The monoisotopic (exact) mass is 488 g/mol. The molecule has 1 saturated heterocycles. The van der Waals surface area contributed by atoms with Gasteiger partial charge < -0.3 is 14.6 Å². The first-order valence-electron chi connectivity index (χ1n) is 11.0. The number of esters is 1. The lowest BCUT2D eigenvalue weighted by Gasteiger charge is -2.34. The zero-order valence-corrected chi connectivity index (χ0v) is 19.3. The molecule has 2 unspecified atom stereocenters. The van der Waals surface area contributed by atoms with Crippen LogP contribution in [0.3, 0.4) is 0 Å². The van der Waals surface area contributed by atoms with Gasteiger partial charge >= 0.3 is 5.97 Å². The third-order valence-corrected chi connectivity index (χ3v) is 7.89. The van der Waals surface area contributed by atoms with Gasteiger partial charge in [-0.25, -0.2) is 17.6 Å². The Hall–Kier alpha value is -2.95. The number of β-amino-alcohol motifs (C(OH)–C–C–N with tert-alkyl or cyclic N) is 1. The second-order valence-corrected chi connectivity index (χ2v) is 10.5. The van der Waals surface area contributed by atoms with Crippen molar-refractivity contribution in [2.24, 2.45) is 5.92 Å². The third kappa shape index (κ3) is 4.28. The number of benzene rings is 2. The third-order valence-electron chi connectivity index (χ3n) is 6.45. The van der Waals surface area contributed by atoms with Gasteiger partial charge in [-0.1, -0.05) is 18.2 Å². The second-order valence-electron chi connectivity index (χ2n) is 8.87. The van der Waals surface area contributed by atoms with Crippen LogP contribution in [0.1, 0.15) is 33.8 Å². The molecule has 1 aliphatic carbocycles. The van der Waals surface area contributed by atoms with Crippen LogP contribution in [-0.4, -0.2) is 63.8 Å². The molecule has 0 radical (unpaired) electrons. The highest BCUT2D eigenvalue weighted by Crippen LogP contribution is 2.55. The molecule has 2 aliphatic heterocycles. The van der Waals surface area contributed by atoms with Crippen LogP contribution in [0.5, 0.6) is 5.75 Å². The lowest BCUT2D eigenvalue weighted by Crippen LogP contribution is -2.50. The molecule has 2 aromatic rings. The Bertz CT molecular complexity index is 1270. The Morgan fingerprint density at radius 3 is 2.85 bits per heavy atom. The zero-order valence-electron chi connectivity index (χ0n) is 18.5. The van der Waals surface area contributed by atoms with Crippen molar-refractivity contribution in [1.29, 1.82) is 0 Å². The normalized spacial score (nSPS) is 21.9. The van der Waals surface area contributed by atoms with Crippen LogP contribution < -0.4 is 9.46 Å². The van der Waals surface area contributed by atoms with Crippen molar-refractivity contribution < 1.29 is 32.2 Å². The molecule has 8 nitrogen and oxygen atoms in total. The molecule has 0 aromatic heterocycles. The van der Waals surface area contributed by atoms with Crippen LogP contribution in [0.4, 0.5) is 10.1 Å². The molecule has 2 heterocycles. The first kappa shape index (κ1) is 22.8. The number of sulfonamides is 1. The van der Waals surface area contributed by atoms with E-state index < -0.39 is 21.8 Å². The molecule has 34 heavy (non-hydrogen) atoms. The molecule has 0 bridgehead atoms. The molecule has 3 aliphatic rings. The maximum atomic E-state index is 14.0. The summed E-state index contributed by atoms with van der Waals surface area (Å²) in [6.45, 7) is 2.05. The van der Waals surface area contributed by atoms with Crippen LogP contribution in [0, 0.1) is 11.7 Å². The number of aliphatic hydroxyl groups is 1. The van der Waals surface area contributed by atoms with Crippen molar-refractivity contribution in [3.8, 4) is 5.75 Å². The molecular weight excluding hydrogens is 463 g/mol. The average Bonchev–Trinajstić information content (AvgIpc) is 3.57. The summed E-state index contributed by atoms with van der Waals surface area (Å²) in [7, 11) is -2.97. The van der Waals surface area contributed by atoms with Crippen LogP contribution in [0.2, 0.25) is 0 Å². The quantitative estimate of drug-likeness (QED) is 0.577. The van der Waals surface area contributed by atoms with E-state index in [1.54, 1.807) is 18.2 Å². The van der Waals surface area contributed by atoms with E-state index in [2.05, 4.69) is 4.72 Å². The van der Waals surface area contributed by atoms with Gasteiger partial charge in [-0.2, -0.15) is 0 Å². The Labute approximate surface area is 197 Å². The lowest BCUT2D eigenvalue weighted by molar-refractivity contribution is 0.00991. The van der Waals surface area contributed by atoms with E-state index in [4.69, 9.17) is 9.47 Å². The second kappa shape index (κ2) is 8.68. The first-order valence-corrected chi connectivity index (χ1v) is 12.5. The van der Waals surface area contributed by atoms with Crippen LogP contribution in [-0.2, 0) is 14.8 Å². The maximum Gasteiger partial charge on any atom is 0.343 e. The summed E-state index contributed by atoms with van der Waals surface area (Å²) in [4.78, 5) is 14.4. The molecule has 180 valence electrons. The molecule has 2 fully saturated rings. The highest BCUT2D eigenvalue weighted by molar-refractivity contribution is 7.92. The minimum absolute atomic E-state index is 0.0319. The van der Waals surface area contributed by atoms with Crippen LogP contribution in [0.25, 0.3) is 6.08 Å². The summed E-state index contributed by atoms with van der Waals surface area (Å²) in [5, 5.41) is 9.39. The number of aliphatic hydroxyl groups excluding tert-OH is 1. The molecule has 2 aromatic carbocycles. The number of likely N-dealkylation sites (tertiary alicyclic amines) is 1. The van der Waals surface area contributed by atoms with E-state index in [0.29, 0.717) is 43.8 Å². The number of carbonyl (C=O) groups excluding carboxylic acids is 1. The number of hydrogen-bond acceptors (Lipinski definition) is 7. The largest absolute Gasteiger partial charge is 0.492 e. The summed E-state index contributed by atoms with van der Waals surface area (Å²) in [5.41, 5.74) is 1.12. The van der Waals surface area contributed by atoms with Crippen molar-refractivity contribution in [3.63, 3.8) is 0 Å². The smallest absolute Gasteiger partial charge is 0.343 e. The Kier molecular flexibility index (Phi) is 5.83. The first-order chi connectivity index (χ1) is 16.3. The number of hydrogen-bond donors (Lipinski definition) is 2. The predicted octanol–water partition coefficient (Wildman–Crippen LogP) is 2.60. The number of anilines is 1. The van der Waals surface area contributed by atoms with Gasteiger partial charge in [-0.15, -0.1) is 0 Å². The SMILES string of the molecule is COC(=O)c1c(NS(=O)(=O)c2ccc(F)cc2/C=C\CN2CC(O)C2)ccc2c1OCC1CC21. The summed E-state index contributed by atoms with van der Waals surface area (Å²) in [6.07, 6.45) is 3.88. The van der Waals surface area contributed by atoms with Crippen LogP contribution in [0.15, 0.2) is 41.3 Å². The number of nitrogens with one attached hydrogen (secondary N) is 1. The molecule has 2 atom stereocenters. The topological polar surface area (TPSA) is 105 Å². The van der Waals surface area contributed by atoms with Gasteiger partial charge in [-0.05, 0) is 47.7 Å². The minimum atomic E-state index is -4.19. The fourth-order valence-electron chi connectivity index (χ4n) is 4.55. The highest BCUT2D eigenvalue weighted by Gasteiger charge is 2.45. The van der Waals surface area contributed by atoms with Crippen LogP contribution >= 0.6 is 0 Å². The molecular formula is C24H25FN2O6S. The fourth-order valence-corrected chi connectivity index (χ4v) is 5.81. The molecule has 1 saturated carbocycles. The van der Waals surface area contributed by atoms with E-state index in [9.17, 15) is 22.7 Å². The number of carbonyl (C=O) groups is 1. The number of rotatable bonds is 7. The van der Waals surface area contributed by atoms with Crippen molar-refractivity contribution in [2.45, 2.75) is 23.3 Å². The van der Waals surface area contributed by atoms with Crippen molar-refractivity contribution in [3.05, 3.63) is 58.9 Å². The van der Waals surface area contributed by atoms with Gasteiger partial charge in [0, 0.05) is 25.6 Å². The minimum Gasteiger partial charge on any atom is -0.492 e. The Balaban J connectivity index is 1.46. The lowest BCUT2D eigenvalue weighted by atomic mass is 10.0. The number of fused-ring (bicyclic) bond motifs is 3. The van der Waals surface area contributed by atoms with E-state index >= 15 is 0 Å². The summed E-state index contributed by atoms with van der Waals surface area (Å²) >= 11 is 0. The van der Waals surface area contributed by atoms with E-state index in [1.165, 1.54) is 19.3 Å². The van der Waals surface area contributed by atoms with Gasteiger partial charge in [0.2, 0.25) is 0 Å². The summed E-state index contributed by atoms with van der Waals surface area (Å²) in [5.74, 6) is -0.200. The Morgan fingerprint density at radius 2 is 2.12 bits per heavy atom. The summed E-state index contributed by atoms with van der Waals surface area (Å²) in [6, 6.07) is 6.71.